The number of benzene rings is 2. The van der Waals surface area contributed by atoms with E-state index in [4.69, 9.17) is 9.47 Å². The molecule has 0 bridgehead atoms. The van der Waals surface area contributed by atoms with Crippen LogP contribution in [0.5, 0.6) is 0 Å². The fourth-order valence-electron chi connectivity index (χ4n) is 2.95. The van der Waals surface area contributed by atoms with Crippen molar-refractivity contribution < 1.29 is 28.2 Å². The summed E-state index contributed by atoms with van der Waals surface area (Å²) < 4.78 is 25.2. The van der Waals surface area contributed by atoms with Crippen molar-refractivity contribution in [2.75, 3.05) is 13.2 Å². The molecular formula is C22H20FNO5S. The molecule has 0 saturated carbocycles. The molecule has 8 heteroatoms. The van der Waals surface area contributed by atoms with E-state index in [0.29, 0.717) is 10.3 Å². The Balaban J connectivity index is 1.71. The Bertz CT molecular complexity index is 1110. The first-order valence-corrected chi connectivity index (χ1v) is 10.1. The maximum absolute atomic E-state index is 14.4. The summed E-state index contributed by atoms with van der Waals surface area (Å²) in [6.07, 6.45) is 0. The molecular weight excluding hydrogens is 409 g/mol. The van der Waals surface area contributed by atoms with Crippen molar-refractivity contribution in [2.45, 2.75) is 20.5 Å². The normalized spacial score (nSPS) is 10.6. The van der Waals surface area contributed by atoms with Crippen LogP contribution >= 0.6 is 11.3 Å². The zero-order valence-corrected chi connectivity index (χ0v) is 17.3. The number of aryl methyl sites for hydroxylation is 1. The van der Waals surface area contributed by atoms with E-state index in [1.807, 2.05) is 6.07 Å². The van der Waals surface area contributed by atoms with Crippen LogP contribution in [0.2, 0.25) is 0 Å². The zero-order chi connectivity index (χ0) is 21.7. The lowest BCUT2D eigenvalue weighted by Gasteiger charge is -2.09. The van der Waals surface area contributed by atoms with Gasteiger partial charge in [0.2, 0.25) is 0 Å². The molecule has 1 amide bonds. The largest absolute Gasteiger partial charge is 0.462 e. The van der Waals surface area contributed by atoms with E-state index < -0.39 is 23.7 Å². The minimum absolute atomic E-state index is 0.166. The van der Waals surface area contributed by atoms with Gasteiger partial charge in [0.25, 0.3) is 5.91 Å². The van der Waals surface area contributed by atoms with Gasteiger partial charge in [-0.3, -0.25) is 9.59 Å². The summed E-state index contributed by atoms with van der Waals surface area (Å²) in [4.78, 5) is 36.8. The Hall–Kier alpha value is -3.26. The third kappa shape index (κ3) is 4.65. The molecule has 1 aromatic heterocycles. The molecule has 1 heterocycles. The molecule has 0 radical (unpaired) electrons. The highest BCUT2D eigenvalue weighted by Crippen LogP contribution is 2.34. The van der Waals surface area contributed by atoms with Crippen molar-refractivity contribution in [3.8, 4) is 0 Å². The first kappa shape index (κ1) is 21.4. The second kappa shape index (κ2) is 9.49. The minimum atomic E-state index is -0.706. The van der Waals surface area contributed by atoms with Crippen LogP contribution in [0, 0.1) is 12.7 Å². The molecule has 3 rings (SSSR count). The lowest BCUT2D eigenvalue weighted by Crippen LogP contribution is -2.31. The van der Waals surface area contributed by atoms with E-state index in [1.54, 1.807) is 44.2 Å². The van der Waals surface area contributed by atoms with Gasteiger partial charge in [-0.05, 0) is 37.6 Å². The molecule has 0 aliphatic rings. The van der Waals surface area contributed by atoms with Crippen LogP contribution in [-0.4, -0.2) is 31.0 Å². The highest BCUT2D eigenvalue weighted by molar-refractivity contribution is 7.21. The van der Waals surface area contributed by atoms with Gasteiger partial charge in [-0.25, -0.2) is 9.18 Å². The number of amides is 1. The van der Waals surface area contributed by atoms with E-state index >= 15 is 0 Å². The topological polar surface area (TPSA) is 81.7 Å². The van der Waals surface area contributed by atoms with Gasteiger partial charge >= 0.3 is 11.9 Å². The minimum Gasteiger partial charge on any atom is -0.462 e. The second-order valence-electron chi connectivity index (χ2n) is 6.40. The van der Waals surface area contributed by atoms with Gasteiger partial charge in [0.05, 0.1) is 6.61 Å². The number of carbonyl (C=O) groups is 3. The van der Waals surface area contributed by atoms with Crippen molar-refractivity contribution >= 4 is 39.3 Å². The first-order chi connectivity index (χ1) is 14.4. The van der Waals surface area contributed by atoms with E-state index in [2.05, 4.69) is 5.32 Å². The Morgan fingerprint density at radius 3 is 2.57 bits per heavy atom. The monoisotopic (exact) mass is 429 g/mol. The van der Waals surface area contributed by atoms with Gasteiger partial charge in [0.15, 0.2) is 0 Å². The van der Waals surface area contributed by atoms with Gasteiger partial charge in [0, 0.05) is 21.2 Å². The number of nitrogens with one attached hydrogen (secondary N) is 1. The van der Waals surface area contributed by atoms with Crippen molar-refractivity contribution in [1.82, 2.24) is 5.32 Å². The van der Waals surface area contributed by atoms with Crippen LogP contribution in [-0.2, 0) is 20.9 Å². The molecule has 3 aromatic rings. The number of hydrogen-bond acceptors (Lipinski definition) is 6. The van der Waals surface area contributed by atoms with E-state index in [-0.39, 0.29) is 35.6 Å². The van der Waals surface area contributed by atoms with Crippen molar-refractivity contribution in [3.05, 3.63) is 69.8 Å². The van der Waals surface area contributed by atoms with Crippen LogP contribution in [0.15, 0.2) is 42.5 Å². The van der Waals surface area contributed by atoms with Gasteiger partial charge in [-0.2, -0.15) is 0 Å². The number of rotatable bonds is 7. The average molecular weight is 429 g/mol. The molecule has 0 aliphatic heterocycles. The van der Waals surface area contributed by atoms with Crippen LogP contribution < -0.4 is 5.32 Å². The van der Waals surface area contributed by atoms with Crippen LogP contribution in [0.25, 0.3) is 10.1 Å². The van der Waals surface area contributed by atoms with E-state index in [0.717, 1.165) is 16.9 Å². The van der Waals surface area contributed by atoms with Crippen molar-refractivity contribution in [1.29, 1.82) is 0 Å². The predicted octanol–water partition coefficient (Wildman–Crippen LogP) is 4.00. The van der Waals surface area contributed by atoms with Crippen LogP contribution in [0.4, 0.5) is 4.39 Å². The Morgan fingerprint density at radius 2 is 1.83 bits per heavy atom. The van der Waals surface area contributed by atoms with Gasteiger partial charge in [-0.15, -0.1) is 11.3 Å². The number of thiophene rings is 1. The second-order valence-corrected chi connectivity index (χ2v) is 7.45. The molecule has 0 spiro atoms. The summed E-state index contributed by atoms with van der Waals surface area (Å²) in [5.74, 6) is -2.22. The van der Waals surface area contributed by atoms with E-state index in [9.17, 15) is 18.8 Å². The standard InChI is InChI=1S/C22H20FNO5S/c1-3-28-22(27)20-15(19-16(23)9-6-10-17(19)30-20)12-29-18(25)11-24-21(26)14-8-5-4-7-13(14)2/h4-10H,3,11-12H2,1-2H3,(H,24,26). The van der Waals surface area contributed by atoms with Crippen LogP contribution in [0.1, 0.15) is 38.1 Å². The smallest absolute Gasteiger partial charge is 0.348 e. The number of hydrogen-bond donors (Lipinski definition) is 1. The molecule has 0 saturated heterocycles. The lowest BCUT2D eigenvalue weighted by atomic mass is 10.1. The summed E-state index contributed by atoms with van der Waals surface area (Å²) in [6.45, 7) is 2.96. The molecule has 156 valence electrons. The highest BCUT2D eigenvalue weighted by atomic mass is 32.1. The predicted molar refractivity (Wildman–Crippen MR) is 111 cm³/mol. The Morgan fingerprint density at radius 1 is 1.07 bits per heavy atom. The fraction of sp³-hybridized carbons (Fsp3) is 0.227. The number of carbonyl (C=O) groups excluding carboxylic acids is 3. The van der Waals surface area contributed by atoms with Gasteiger partial charge in [-0.1, -0.05) is 24.3 Å². The molecule has 0 atom stereocenters. The SMILES string of the molecule is CCOC(=O)c1sc2cccc(F)c2c1COC(=O)CNC(=O)c1ccccc1C. The molecule has 6 nitrogen and oxygen atoms in total. The van der Waals surface area contributed by atoms with Crippen LogP contribution in [0.3, 0.4) is 0 Å². The summed E-state index contributed by atoms with van der Waals surface area (Å²) in [5, 5.41) is 2.72. The average Bonchev–Trinajstić information content (AvgIpc) is 3.11. The number of halogens is 1. The Labute approximate surface area is 176 Å². The fourth-order valence-corrected chi connectivity index (χ4v) is 4.06. The van der Waals surface area contributed by atoms with Crippen molar-refractivity contribution in [3.63, 3.8) is 0 Å². The highest BCUT2D eigenvalue weighted by Gasteiger charge is 2.23. The number of fused-ring (bicyclic) bond motifs is 1. The lowest BCUT2D eigenvalue weighted by molar-refractivity contribution is -0.143. The maximum atomic E-state index is 14.4. The summed E-state index contributed by atoms with van der Waals surface area (Å²) in [5.41, 5.74) is 1.49. The number of esters is 2. The maximum Gasteiger partial charge on any atom is 0.348 e. The Kier molecular flexibility index (Phi) is 6.79. The summed E-state index contributed by atoms with van der Waals surface area (Å²) in [6, 6.07) is 11.5. The third-order valence-corrected chi connectivity index (χ3v) is 5.56. The van der Waals surface area contributed by atoms with E-state index in [1.165, 1.54) is 6.07 Å². The first-order valence-electron chi connectivity index (χ1n) is 9.28. The number of ether oxygens (including phenoxy) is 2. The molecule has 2 aromatic carbocycles. The molecule has 0 unspecified atom stereocenters. The molecule has 0 aliphatic carbocycles. The summed E-state index contributed by atoms with van der Waals surface area (Å²) in [7, 11) is 0. The van der Waals surface area contributed by atoms with Crippen molar-refractivity contribution in [2.24, 2.45) is 0 Å². The summed E-state index contributed by atoms with van der Waals surface area (Å²) >= 11 is 1.08. The molecule has 1 N–H and O–H groups in total. The quantitative estimate of drug-likeness (QED) is 0.574. The molecule has 0 fully saturated rings. The molecule has 30 heavy (non-hydrogen) atoms. The third-order valence-electron chi connectivity index (χ3n) is 4.38. The van der Waals surface area contributed by atoms with Gasteiger partial charge < -0.3 is 14.8 Å². The zero-order valence-electron chi connectivity index (χ0n) is 16.5. The van der Waals surface area contributed by atoms with Gasteiger partial charge in [0.1, 0.15) is 23.8 Å².